The quantitative estimate of drug-likeness (QED) is 0.288. The molecule has 7 N–H and O–H groups in total. The van der Waals surface area contributed by atoms with Crippen molar-refractivity contribution in [2.24, 2.45) is 0 Å². The summed E-state index contributed by atoms with van der Waals surface area (Å²) < 4.78 is 10.6. The minimum absolute atomic E-state index is 0.0151. The molecule has 2 aromatic rings. The average Bonchev–Trinajstić information content (AvgIpc) is 2.73. The third kappa shape index (κ3) is 5.06. The molecule has 0 amide bonds. The van der Waals surface area contributed by atoms with Gasteiger partial charge in [-0.25, -0.2) is 0 Å². The van der Waals surface area contributed by atoms with Gasteiger partial charge in [-0.3, -0.25) is 4.79 Å². The average molecular weight is 436 g/mol. The van der Waals surface area contributed by atoms with E-state index in [-0.39, 0.29) is 23.5 Å². The van der Waals surface area contributed by atoms with Crippen LogP contribution in [0.25, 0.3) is 0 Å². The zero-order valence-corrected chi connectivity index (χ0v) is 16.3. The van der Waals surface area contributed by atoms with E-state index in [0.717, 1.165) is 17.7 Å². The van der Waals surface area contributed by atoms with Crippen LogP contribution in [0.15, 0.2) is 36.4 Å². The van der Waals surface area contributed by atoms with Crippen molar-refractivity contribution in [3.63, 3.8) is 0 Å². The second-order valence-electron chi connectivity index (χ2n) is 7.24. The maximum atomic E-state index is 12.5. The zero-order chi connectivity index (χ0) is 22.7. The number of aromatic hydroxyl groups is 3. The van der Waals surface area contributed by atoms with E-state index in [9.17, 15) is 40.5 Å². The van der Waals surface area contributed by atoms with E-state index in [2.05, 4.69) is 0 Å². The van der Waals surface area contributed by atoms with Gasteiger partial charge in [0.1, 0.15) is 53.0 Å². The van der Waals surface area contributed by atoms with Gasteiger partial charge in [0.15, 0.2) is 5.78 Å². The standard InChI is InChI=1S/C21H24O10/c22-9-16-18(27)19(28)20(29)21(31-16)30-12-7-14(25)17(15(26)8-12)13(24)6-3-10-1-4-11(23)5-2-10/h1-2,4-5,7-8,16,18-23,25-29H,3,6,9H2. The van der Waals surface area contributed by atoms with Gasteiger partial charge in [-0.05, 0) is 24.1 Å². The van der Waals surface area contributed by atoms with E-state index >= 15 is 0 Å². The zero-order valence-electron chi connectivity index (χ0n) is 16.3. The van der Waals surface area contributed by atoms with Crippen LogP contribution >= 0.6 is 0 Å². The molecule has 31 heavy (non-hydrogen) atoms. The highest BCUT2D eigenvalue weighted by molar-refractivity contribution is 6.01. The minimum Gasteiger partial charge on any atom is -0.508 e. The van der Waals surface area contributed by atoms with Crippen molar-refractivity contribution in [2.45, 2.75) is 43.5 Å². The summed E-state index contributed by atoms with van der Waals surface area (Å²) in [5, 5.41) is 68.6. The molecule has 3 rings (SSSR count). The summed E-state index contributed by atoms with van der Waals surface area (Å²) >= 11 is 0. The first-order valence-corrected chi connectivity index (χ1v) is 9.55. The van der Waals surface area contributed by atoms with Gasteiger partial charge in [0.05, 0.1) is 6.61 Å². The Morgan fingerprint density at radius 3 is 2.13 bits per heavy atom. The molecule has 0 radical (unpaired) electrons. The van der Waals surface area contributed by atoms with Crippen molar-refractivity contribution in [3.05, 3.63) is 47.5 Å². The lowest BCUT2D eigenvalue weighted by Gasteiger charge is -2.39. The number of aliphatic hydroxyl groups excluding tert-OH is 4. The largest absolute Gasteiger partial charge is 0.508 e. The summed E-state index contributed by atoms with van der Waals surface area (Å²) in [6.07, 6.45) is -7.28. The number of carbonyl (C=O) groups excluding carboxylic acids is 1. The molecule has 0 aliphatic carbocycles. The second kappa shape index (κ2) is 9.50. The number of aryl methyl sites for hydroxylation is 1. The van der Waals surface area contributed by atoms with Crippen LogP contribution in [-0.4, -0.2) is 78.8 Å². The first-order valence-electron chi connectivity index (χ1n) is 9.55. The van der Waals surface area contributed by atoms with E-state index in [1.165, 1.54) is 12.1 Å². The molecule has 5 atom stereocenters. The van der Waals surface area contributed by atoms with Gasteiger partial charge in [0, 0.05) is 18.6 Å². The molecular formula is C21H24O10. The number of benzene rings is 2. The number of ketones is 1. The highest BCUT2D eigenvalue weighted by Crippen LogP contribution is 2.35. The van der Waals surface area contributed by atoms with Crippen molar-refractivity contribution in [2.75, 3.05) is 6.61 Å². The van der Waals surface area contributed by atoms with Crippen LogP contribution in [0.4, 0.5) is 0 Å². The van der Waals surface area contributed by atoms with Crippen LogP contribution in [0.1, 0.15) is 22.3 Å². The lowest BCUT2D eigenvalue weighted by Crippen LogP contribution is -2.60. The molecule has 1 saturated heterocycles. The van der Waals surface area contributed by atoms with Crippen LogP contribution in [0.2, 0.25) is 0 Å². The molecule has 0 aromatic heterocycles. The summed E-state index contributed by atoms with van der Waals surface area (Å²) in [6.45, 7) is -0.643. The highest BCUT2D eigenvalue weighted by atomic mass is 16.7. The molecule has 0 bridgehead atoms. The smallest absolute Gasteiger partial charge is 0.229 e. The molecule has 5 unspecified atom stereocenters. The summed E-state index contributed by atoms with van der Waals surface area (Å²) in [6, 6.07) is 8.35. The topological polar surface area (TPSA) is 177 Å². The van der Waals surface area contributed by atoms with Crippen LogP contribution in [0.5, 0.6) is 23.0 Å². The Balaban J connectivity index is 1.71. The van der Waals surface area contributed by atoms with Gasteiger partial charge in [0.2, 0.25) is 6.29 Å². The molecule has 1 fully saturated rings. The Labute approximate surface area is 177 Å². The highest BCUT2D eigenvalue weighted by Gasteiger charge is 2.44. The fraction of sp³-hybridized carbons (Fsp3) is 0.381. The van der Waals surface area contributed by atoms with Crippen molar-refractivity contribution in [3.8, 4) is 23.0 Å². The van der Waals surface area contributed by atoms with Gasteiger partial charge < -0.3 is 45.2 Å². The van der Waals surface area contributed by atoms with E-state index in [1.54, 1.807) is 12.1 Å². The molecule has 0 saturated carbocycles. The Hall–Kier alpha value is -2.89. The molecule has 10 heteroatoms. The van der Waals surface area contributed by atoms with E-state index in [1.807, 2.05) is 0 Å². The van der Waals surface area contributed by atoms with Crippen molar-refractivity contribution < 1.29 is 50.0 Å². The molecule has 1 aliphatic rings. The summed E-state index contributed by atoms with van der Waals surface area (Å²) in [5.74, 6) is -1.72. The fourth-order valence-corrected chi connectivity index (χ4v) is 3.28. The first kappa shape index (κ1) is 22.8. The summed E-state index contributed by atoms with van der Waals surface area (Å²) in [4.78, 5) is 12.5. The minimum atomic E-state index is -1.67. The lowest BCUT2D eigenvalue weighted by molar-refractivity contribution is -0.277. The van der Waals surface area contributed by atoms with Crippen LogP contribution in [-0.2, 0) is 11.2 Å². The maximum absolute atomic E-state index is 12.5. The van der Waals surface area contributed by atoms with Gasteiger partial charge in [0.25, 0.3) is 0 Å². The third-order valence-corrected chi connectivity index (χ3v) is 5.03. The van der Waals surface area contributed by atoms with Gasteiger partial charge >= 0.3 is 0 Å². The Kier molecular flexibility index (Phi) is 6.98. The van der Waals surface area contributed by atoms with Crippen LogP contribution in [0, 0.1) is 0 Å². The number of ether oxygens (including phenoxy) is 2. The Morgan fingerprint density at radius 2 is 1.55 bits per heavy atom. The number of hydrogen-bond donors (Lipinski definition) is 7. The number of rotatable bonds is 7. The van der Waals surface area contributed by atoms with Crippen LogP contribution < -0.4 is 4.74 Å². The predicted molar refractivity (Wildman–Crippen MR) is 105 cm³/mol. The number of carbonyl (C=O) groups is 1. The van der Waals surface area contributed by atoms with Crippen LogP contribution in [0.3, 0.4) is 0 Å². The fourth-order valence-electron chi connectivity index (χ4n) is 3.28. The number of hydrogen-bond acceptors (Lipinski definition) is 10. The van der Waals surface area contributed by atoms with Crippen molar-refractivity contribution in [1.29, 1.82) is 0 Å². The molecule has 0 spiro atoms. The molecule has 1 aliphatic heterocycles. The monoisotopic (exact) mass is 436 g/mol. The van der Waals surface area contributed by atoms with Gasteiger partial charge in [-0.2, -0.15) is 0 Å². The number of aliphatic hydroxyl groups is 4. The maximum Gasteiger partial charge on any atom is 0.229 e. The van der Waals surface area contributed by atoms with Gasteiger partial charge in [-0.15, -0.1) is 0 Å². The number of Topliss-reactive ketones (excluding diaryl/α,β-unsaturated/α-hetero) is 1. The van der Waals surface area contributed by atoms with E-state index in [4.69, 9.17) is 9.47 Å². The number of phenols is 3. The molecule has 10 nitrogen and oxygen atoms in total. The SMILES string of the molecule is O=C(CCc1ccc(O)cc1)c1c(O)cc(OC2OC(CO)C(O)C(O)C2O)cc1O. The first-order chi connectivity index (χ1) is 14.7. The van der Waals surface area contributed by atoms with Crippen molar-refractivity contribution >= 4 is 5.78 Å². The Morgan fingerprint density at radius 1 is 0.935 bits per heavy atom. The molecular weight excluding hydrogens is 412 g/mol. The normalized spacial score (nSPS) is 25.9. The number of phenolic OH excluding ortho intramolecular Hbond substituents is 3. The molecule has 168 valence electrons. The van der Waals surface area contributed by atoms with E-state index < -0.39 is 54.6 Å². The Bertz CT molecular complexity index is 888. The lowest BCUT2D eigenvalue weighted by atomic mass is 9.99. The molecule has 1 heterocycles. The third-order valence-electron chi connectivity index (χ3n) is 5.03. The summed E-state index contributed by atoms with van der Waals surface area (Å²) in [5.41, 5.74) is 0.479. The van der Waals surface area contributed by atoms with Gasteiger partial charge in [-0.1, -0.05) is 12.1 Å². The predicted octanol–water partition coefficient (Wildman–Crippen LogP) is -0.202. The summed E-state index contributed by atoms with van der Waals surface area (Å²) in [7, 11) is 0. The molecule has 2 aromatic carbocycles. The second-order valence-corrected chi connectivity index (χ2v) is 7.24. The van der Waals surface area contributed by atoms with E-state index in [0.29, 0.717) is 6.42 Å². The van der Waals surface area contributed by atoms with Crippen molar-refractivity contribution in [1.82, 2.24) is 0 Å².